The van der Waals surface area contributed by atoms with Crippen LogP contribution in [0.5, 0.6) is 0 Å². The first-order valence-corrected chi connectivity index (χ1v) is 33.9. The molecule has 102 heavy (non-hydrogen) atoms. The standard InChI is InChI=1S/C15H20O5.C11H13NO3.C10H15NO2.C10H12O2.C7H8O.C5H6O2.C4H7NO3.C3Cl6O3.C3H5ClO.CH4.HI/c16-13(8-9-15(18)19)6-7-14(17)11-20-10-12-4-2-1-3-5-12;13-11-12-6-10(15-11)8-14-7-9-4-2-1-3-5-9;11-6-10(12)8-13-7-9-4-2-1-3-5-9;1-2-4-9(5-3-1)6-11-7-10-8-12-10;8-6-7-4-2-1-3-5-7;6-4-1-2-5(7)3-4;6-2-3-1-5-4(7)8-3;4-2(5,6)11-1(10)12-3(7,8)9;4-1-3-2-5-3;;/h1-5,14,17H,6-11H2,(H,18,19);1-5,10H,6-8H2,(H,12,13);1-5,10,12H,6-8,11H2;1-5,10H,6-8H2;1-5,8H,6H2;1-3H2;3,6H,1-2H2,(H,5,7);;3H,1-2H2;1H4;1H. The van der Waals surface area contributed by atoms with Gasteiger partial charge in [0.05, 0.1) is 129 Å². The SMILES string of the molecule is C.ClCC1CO1.I.NCC(O)COCc1ccccc1.O=C(O)CCC(=O)CCC(O)COCc1ccccc1.O=C(OC(Cl)(Cl)Cl)OC(Cl)(Cl)Cl.O=C1CCC(=O)C1.O=C1NCC(CO)O1.O=C1NCC(COCc2ccccc2)O1.OCc1ccccc1.c1ccc(COCC2CO2)cc1. The molecule has 0 bridgehead atoms. The van der Waals surface area contributed by atoms with Crippen LogP contribution in [0.2, 0.25) is 0 Å². The number of hydrogen-bond donors (Lipinski definition) is 8. The molecular formula is C69H91Cl7IN3O22. The van der Waals surface area contributed by atoms with Crippen molar-refractivity contribution in [1.82, 2.24) is 10.6 Å². The maximum Gasteiger partial charge on any atom is 0.515 e. The van der Waals surface area contributed by atoms with Crippen LogP contribution >= 0.6 is 105 Å². The van der Waals surface area contributed by atoms with Crippen LogP contribution in [0.1, 0.15) is 80.2 Å². The summed E-state index contributed by atoms with van der Waals surface area (Å²) in [5, 5.41) is 49.1. The lowest BCUT2D eigenvalue weighted by molar-refractivity contribution is -0.138. The Bertz CT molecular complexity index is 2980. The molecule has 5 aromatic carbocycles. The summed E-state index contributed by atoms with van der Waals surface area (Å²) in [6.45, 7) is 6.82. The number of epoxide rings is 2. The zero-order valence-electron chi connectivity index (χ0n) is 55.0. The largest absolute Gasteiger partial charge is 0.515 e. The fraction of sp³-hybridized carbons (Fsp3) is 0.464. The monoisotopic (exact) mass is 1690 g/mol. The molecule has 4 heterocycles. The van der Waals surface area contributed by atoms with Gasteiger partial charge in [-0.2, -0.15) is 0 Å². The van der Waals surface area contributed by atoms with Crippen molar-refractivity contribution in [2.45, 2.75) is 130 Å². The van der Waals surface area contributed by atoms with Crippen LogP contribution in [0, 0.1) is 0 Å². The molecule has 25 nitrogen and oxygen atoms in total. The first-order chi connectivity index (χ1) is 47.8. The van der Waals surface area contributed by atoms with Crippen molar-refractivity contribution >= 4 is 147 Å². The summed E-state index contributed by atoms with van der Waals surface area (Å²) in [4.78, 5) is 73.5. The lowest BCUT2D eigenvalue weighted by Gasteiger charge is -2.15. The number of ketones is 3. The van der Waals surface area contributed by atoms with E-state index in [0.717, 1.165) is 42.1 Å². The fourth-order valence-electron chi connectivity index (χ4n) is 7.24. The molecule has 6 unspecified atom stereocenters. The molecule has 0 aromatic heterocycles. The number of carbonyl (C=O) groups is 7. The van der Waals surface area contributed by atoms with E-state index in [2.05, 4.69) is 37.0 Å². The van der Waals surface area contributed by atoms with Crippen molar-refractivity contribution < 1.29 is 106 Å². The average molecular weight is 1690 g/mol. The Balaban J connectivity index is 0.00000115. The molecule has 33 heteroatoms. The molecule has 5 aromatic rings. The maximum atomic E-state index is 11.3. The summed E-state index contributed by atoms with van der Waals surface area (Å²) in [7, 11) is 0. The van der Waals surface area contributed by atoms with Gasteiger partial charge in [-0.1, -0.05) is 159 Å². The van der Waals surface area contributed by atoms with E-state index in [9.17, 15) is 38.7 Å². The van der Waals surface area contributed by atoms with E-state index in [0.29, 0.717) is 90.1 Å². The molecular weight excluding hydrogens is 1600 g/mol. The molecule has 5 fully saturated rings. The van der Waals surface area contributed by atoms with Crippen LogP contribution in [-0.4, -0.2) is 184 Å². The van der Waals surface area contributed by atoms with Gasteiger partial charge in [-0.15, -0.1) is 35.6 Å². The van der Waals surface area contributed by atoms with Gasteiger partial charge in [-0.3, -0.25) is 19.2 Å². The van der Waals surface area contributed by atoms with Crippen molar-refractivity contribution in [3.8, 4) is 0 Å². The topological polar surface area (TPSA) is 370 Å². The Morgan fingerprint density at radius 3 is 1.17 bits per heavy atom. The molecule has 4 aliphatic heterocycles. The van der Waals surface area contributed by atoms with Gasteiger partial charge in [-0.25, -0.2) is 14.4 Å². The number of aliphatic hydroxyl groups is 4. The van der Waals surface area contributed by atoms with E-state index in [1.807, 2.05) is 140 Å². The highest BCUT2D eigenvalue weighted by atomic mass is 127. The lowest BCUT2D eigenvalue weighted by atomic mass is 10.1. The predicted molar refractivity (Wildman–Crippen MR) is 397 cm³/mol. The fourth-order valence-corrected chi connectivity index (χ4v) is 7.79. The van der Waals surface area contributed by atoms with E-state index >= 15 is 0 Å². The molecule has 0 radical (unpaired) electrons. The number of cyclic esters (lactones) is 2. The number of ether oxygens (including phenoxy) is 10. The Labute approximate surface area is 646 Å². The van der Waals surface area contributed by atoms with Crippen molar-refractivity contribution in [1.29, 1.82) is 0 Å². The number of carboxylic acids is 1. The number of rotatable bonds is 26. The van der Waals surface area contributed by atoms with Crippen molar-refractivity contribution in [2.24, 2.45) is 5.73 Å². The van der Waals surface area contributed by atoms with Gasteiger partial charge in [-0.05, 0) is 104 Å². The van der Waals surface area contributed by atoms with Crippen molar-refractivity contribution in [2.75, 3.05) is 71.8 Å². The summed E-state index contributed by atoms with van der Waals surface area (Å²) in [5.41, 5.74) is 10.7. The number of carbonyl (C=O) groups excluding carboxylic acids is 6. The highest BCUT2D eigenvalue weighted by Crippen LogP contribution is 2.32. The van der Waals surface area contributed by atoms with E-state index in [1.54, 1.807) is 0 Å². The number of halogens is 8. The predicted octanol–water partition coefficient (Wildman–Crippen LogP) is 11.5. The Kier molecular flexibility index (Phi) is 55.9. The molecule has 1 saturated carbocycles. The summed E-state index contributed by atoms with van der Waals surface area (Å²) in [6.07, 6.45) is -1.66. The molecule has 6 atom stereocenters. The number of aliphatic hydroxyl groups excluding tert-OH is 4. The number of carboxylic acid groups (broad SMARTS) is 1. The van der Waals surface area contributed by atoms with E-state index in [4.69, 9.17) is 141 Å². The van der Waals surface area contributed by atoms with Gasteiger partial charge < -0.3 is 89.3 Å². The molecule has 4 saturated heterocycles. The van der Waals surface area contributed by atoms with Gasteiger partial charge in [0.25, 0.3) is 0 Å². The second kappa shape index (κ2) is 58.9. The number of nitrogens with one attached hydrogen (secondary N) is 2. The molecule has 570 valence electrons. The van der Waals surface area contributed by atoms with E-state index in [1.165, 1.54) is 5.56 Å². The molecule has 10 rings (SSSR count). The minimum atomic E-state index is -2.24. The Morgan fingerprint density at radius 2 is 0.892 bits per heavy atom. The number of hydrogen-bond acceptors (Lipinski definition) is 22. The first kappa shape index (κ1) is 96.7. The van der Waals surface area contributed by atoms with Crippen LogP contribution in [0.4, 0.5) is 14.4 Å². The third kappa shape index (κ3) is 58.0. The minimum Gasteiger partial charge on any atom is -0.481 e. The quantitative estimate of drug-likeness (QED) is 0.00636. The second-order valence-corrected chi connectivity index (χ2v) is 26.0. The van der Waals surface area contributed by atoms with Crippen LogP contribution < -0.4 is 16.4 Å². The third-order valence-corrected chi connectivity index (χ3v) is 13.3. The molecule has 2 amide bonds. The smallest absolute Gasteiger partial charge is 0.481 e. The highest BCUT2D eigenvalue weighted by Gasteiger charge is 2.33. The van der Waals surface area contributed by atoms with Crippen LogP contribution in [0.25, 0.3) is 0 Å². The third-order valence-electron chi connectivity index (χ3n) is 12.5. The molecule has 1 aliphatic carbocycles. The van der Waals surface area contributed by atoms with Gasteiger partial charge in [0.2, 0.25) is 0 Å². The normalized spacial score (nSPS) is 16.8. The summed E-state index contributed by atoms with van der Waals surface area (Å²) in [6, 6.07) is 49.0. The van der Waals surface area contributed by atoms with E-state index < -0.39 is 38.4 Å². The minimum absolute atomic E-state index is 0. The van der Waals surface area contributed by atoms with Crippen LogP contribution in [0.15, 0.2) is 152 Å². The van der Waals surface area contributed by atoms with Gasteiger partial charge in [0, 0.05) is 32.2 Å². The Morgan fingerprint density at radius 1 is 0.529 bits per heavy atom. The molecule has 9 N–H and O–H groups in total. The highest BCUT2D eigenvalue weighted by molar-refractivity contribution is 14.0. The van der Waals surface area contributed by atoms with Gasteiger partial charge in [0.15, 0.2) is 0 Å². The zero-order chi connectivity index (χ0) is 73.8. The van der Waals surface area contributed by atoms with Crippen molar-refractivity contribution in [3.63, 3.8) is 0 Å². The number of aliphatic carboxylic acids is 1. The average Bonchev–Trinajstić information content (AvgIpc) is 1.84. The summed E-state index contributed by atoms with van der Waals surface area (Å²) in [5.74, 6) is -0.255. The lowest BCUT2D eigenvalue weighted by Crippen LogP contribution is -2.24. The number of amides is 2. The van der Waals surface area contributed by atoms with Crippen molar-refractivity contribution in [3.05, 3.63) is 179 Å². The van der Waals surface area contributed by atoms with Crippen LogP contribution in [0.3, 0.4) is 0 Å². The summed E-state index contributed by atoms with van der Waals surface area (Å²) >= 11 is 35.5. The number of alkyl carbamates (subject to hydrolysis) is 2. The zero-order valence-corrected chi connectivity index (χ0v) is 62.6. The summed E-state index contributed by atoms with van der Waals surface area (Å²) < 4.78 is 44.1. The molecule has 0 spiro atoms. The second-order valence-electron chi connectivity index (χ2n) is 21.3. The van der Waals surface area contributed by atoms with Gasteiger partial charge in [0.1, 0.15) is 35.7 Å². The molecule has 5 aliphatic rings. The van der Waals surface area contributed by atoms with Crippen LogP contribution in [-0.2, 0) is 99.6 Å². The maximum absolute atomic E-state index is 11.3. The van der Waals surface area contributed by atoms with Gasteiger partial charge >= 0.3 is 32.3 Å². The first-order valence-electron chi connectivity index (χ1n) is 31.1. The Hall–Kier alpha value is -5.29. The number of nitrogens with two attached hydrogens (primary N) is 1. The van der Waals surface area contributed by atoms with E-state index in [-0.39, 0.29) is 119 Å². The number of alkyl halides is 7. The number of Topliss-reactive ketones (excluding diaryl/α,β-unsaturated/α-hetero) is 3. The number of benzene rings is 5.